The SMILES string of the molecule is O=C(Nc1ccc(N2CCN(c3ccc(F)cc3)CC2)nc1)c1cnn(CF)c1. The van der Waals surface area contributed by atoms with E-state index >= 15 is 0 Å². The average molecular weight is 398 g/mol. The zero-order valence-corrected chi connectivity index (χ0v) is 15.6. The van der Waals surface area contributed by atoms with Gasteiger partial charge in [0.25, 0.3) is 5.91 Å². The first-order chi connectivity index (χ1) is 14.1. The number of aromatic nitrogens is 3. The molecule has 3 aromatic rings. The molecule has 1 N–H and O–H groups in total. The van der Waals surface area contributed by atoms with Gasteiger partial charge in [0, 0.05) is 38.1 Å². The zero-order valence-electron chi connectivity index (χ0n) is 15.6. The Hall–Kier alpha value is -3.49. The number of hydrogen-bond donors (Lipinski definition) is 1. The summed E-state index contributed by atoms with van der Waals surface area (Å²) < 4.78 is 26.6. The van der Waals surface area contributed by atoms with E-state index in [1.807, 2.05) is 6.07 Å². The lowest BCUT2D eigenvalue weighted by atomic mass is 10.2. The molecule has 0 aliphatic carbocycles. The van der Waals surface area contributed by atoms with Gasteiger partial charge in [0.15, 0.2) is 6.80 Å². The molecule has 1 amide bonds. The molecule has 2 aromatic heterocycles. The van der Waals surface area contributed by atoms with Crippen LogP contribution in [0.25, 0.3) is 0 Å². The lowest BCUT2D eigenvalue weighted by molar-refractivity contribution is 0.102. The van der Waals surface area contributed by atoms with E-state index in [0.717, 1.165) is 42.4 Å². The first-order valence-electron chi connectivity index (χ1n) is 9.23. The molecule has 7 nitrogen and oxygen atoms in total. The summed E-state index contributed by atoms with van der Waals surface area (Å²) in [6.45, 7) is 2.42. The van der Waals surface area contributed by atoms with Crippen molar-refractivity contribution in [1.29, 1.82) is 0 Å². The van der Waals surface area contributed by atoms with Crippen molar-refractivity contribution >= 4 is 23.1 Å². The fraction of sp³-hybridized carbons (Fsp3) is 0.250. The van der Waals surface area contributed by atoms with E-state index in [1.54, 1.807) is 24.4 Å². The third kappa shape index (κ3) is 4.34. The van der Waals surface area contributed by atoms with E-state index in [9.17, 15) is 13.6 Å². The van der Waals surface area contributed by atoms with Crippen LogP contribution in [0, 0.1) is 5.82 Å². The Morgan fingerprint density at radius 3 is 2.34 bits per heavy atom. The molecule has 1 aliphatic rings. The number of piperazine rings is 1. The van der Waals surface area contributed by atoms with Crippen molar-refractivity contribution in [1.82, 2.24) is 14.8 Å². The Morgan fingerprint density at radius 2 is 1.72 bits per heavy atom. The van der Waals surface area contributed by atoms with Crippen LogP contribution >= 0.6 is 0 Å². The lowest BCUT2D eigenvalue weighted by Gasteiger charge is -2.36. The molecule has 1 fully saturated rings. The molecule has 1 saturated heterocycles. The Morgan fingerprint density at radius 1 is 1.00 bits per heavy atom. The third-order valence-corrected chi connectivity index (χ3v) is 4.82. The van der Waals surface area contributed by atoms with Crippen molar-refractivity contribution in [3.8, 4) is 0 Å². The molecule has 0 bridgehead atoms. The molecular formula is C20H20F2N6O. The molecule has 0 saturated carbocycles. The predicted molar refractivity (Wildman–Crippen MR) is 106 cm³/mol. The summed E-state index contributed by atoms with van der Waals surface area (Å²) in [4.78, 5) is 21.0. The van der Waals surface area contributed by atoms with Gasteiger partial charge >= 0.3 is 0 Å². The van der Waals surface area contributed by atoms with Crippen LogP contribution in [0.4, 0.5) is 26.0 Å². The zero-order chi connectivity index (χ0) is 20.2. The predicted octanol–water partition coefficient (Wildman–Crippen LogP) is 2.92. The van der Waals surface area contributed by atoms with E-state index in [2.05, 4.69) is 25.2 Å². The van der Waals surface area contributed by atoms with Gasteiger partial charge in [-0.2, -0.15) is 5.10 Å². The van der Waals surface area contributed by atoms with Gasteiger partial charge in [0.2, 0.25) is 0 Å². The van der Waals surface area contributed by atoms with Crippen LogP contribution in [-0.4, -0.2) is 46.9 Å². The third-order valence-electron chi connectivity index (χ3n) is 4.82. The standard InChI is InChI=1S/C20H20F2N6O/c21-14-28-13-15(11-24-28)20(29)25-17-3-6-19(23-12-17)27-9-7-26(8-10-27)18-4-1-16(22)2-5-18/h1-6,11-13H,7-10,14H2,(H,25,29). The summed E-state index contributed by atoms with van der Waals surface area (Å²) in [5.74, 6) is 0.221. The lowest BCUT2D eigenvalue weighted by Crippen LogP contribution is -2.46. The number of carbonyl (C=O) groups excluding carboxylic acids is 1. The average Bonchev–Trinajstić information content (AvgIpc) is 3.25. The molecule has 150 valence electrons. The maximum absolute atomic E-state index is 13.1. The second-order valence-corrected chi connectivity index (χ2v) is 6.70. The molecule has 1 aliphatic heterocycles. The van der Waals surface area contributed by atoms with Gasteiger partial charge in [0.1, 0.15) is 11.6 Å². The molecule has 0 atom stereocenters. The molecule has 29 heavy (non-hydrogen) atoms. The minimum absolute atomic E-state index is 0.236. The van der Waals surface area contributed by atoms with Crippen LogP contribution in [0.5, 0.6) is 0 Å². The first-order valence-corrected chi connectivity index (χ1v) is 9.23. The Kier molecular flexibility index (Phi) is 5.37. The van der Waals surface area contributed by atoms with Crippen molar-refractivity contribution in [3.63, 3.8) is 0 Å². The number of nitrogens with one attached hydrogen (secondary N) is 1. The minimum atomic E-state index is -0.780. The summed E-state index contributed by atoms with van der Waals surface area (Å²) in [5.41, 5.74) is 1.84. The number of anilines is 3. The topological polar surface area (TPSA) is 66.3 Å². The van der Waals surface area contributed by atoms with Crippen LogP contribution in [0.3, 0.4) is 0 Å². The maximum atomic E-state index is 13.1. The fourth-order valence-corrected chi connectivity index (χ4v) is 3.24. The van der Waals surface area contributed by atoms with E-state index in [0.29, 0.717) is 5.69 Å². The number of rotatable bonds is 5. The summed E-state index contributed by atoms with van der Waals surface area (Å²) >= 11 is 0. The number of amides is 1. The monoisotopic (exact) mass is 398 g/mol. The summed E-state index contributed by atoms with van der Waals surface area (Å²) in [6.07, 6.45) is 4.26. The quantitative estimate of drug-likeness (QED) is 0.716. The van der Waals surface area contributed by atoms with Gasteiger partial charge in [-0.25, -0.2) is 18.4 Å². The molecule has 4 rings (SSSR count). The normalized spacial score (nSPS) is 14.1. The fourth-order valence-electron chi connectivity index (χ4n) is 3.24. The van der Waals surface area contributed by atoms with Crippen molar-refractivity contribution in [3.05, 3.63) is 66.4 Å². The molecule has 0 spiro atoms. The summed E-state index contributed by atoms with van der Waals surface area (Å²) in [7, 11) is 0. The Balaban J connectivity index is 1.33. The largest absolute Gasteiger partial charge is 0.368 e. The molecule has 1 aromatic carbocycles. The highest BCUT2D eigenvalue weighted by Gasteiger charge is 2.18. The Bertz CT molecular complexity index is 965. The number of halogens is 2. The van der Waals surface area contributed by atoms with Crippen LogP contribution in [0.1, 0.15) is 10.4 Å². The van der Waals surface area contributed by atoms with Crippen molar-refractivity contribution in [2.75, 3.05) is 41.3 Å². The van der Waals surface area contributed by atoms with Crippen molar-refractivity contribution in [2.24, 2.45) is 0 Å². The number of pyridine rings is 1. The van der Waals surface area contributed by atoms with Gasteiger partial charge in [-0.05, 0) is 36.4 Å². The highest BCUT2D eigenvalue weighted by atomic mass is 19.1. The first kappa shape index (κ1) is 18.9. The number of nitrogens with zero attached hydrogens (tertiary/aromatic N) is 5. The smallest absolute Gasteiger partial charge is 0.258 e. The summed E-state index contributed by atoms with van der Waals surface area (Å²) in [6, 6.07) is 10.2. The molecule has 3 heterocycles. The second-order valence-electron chi connectivity index (χ2n) is 6.70. The summed E-state index contributed by atoms with van der Waals surface area (Å²) in [5, 5.41) is 6.47. The number of benzene rings is 1. The highest BCUT2D eigenvalue weighted by molar-refractivity contribution is 6.03. The number of hydrogen-bond acceptors (Lipinski definition) is 5. The molecule has 0 radical (unpaired) electrons. The minimum Gasteiger partial charge on any atom is -0.368 e. The van der Waals surface area contributed by atoms with E-state index in [-0.39, 0.29) is 17.3 Å². The molecule has 0 unspecified atom stereocenters. The van der Waals surface area contributed by atoms with Gasteiger partial charge < -0.3 is 15.1 Å². The van der Waals surface area contributed by atoms with Crippen LogP contribution in [-0.2, 0) is 6.80 Å². The van der Waals surface area contributed by atoms with Crippen molar-refractivity contribution in [2.45, 2.75) is 6.80 Å². The van der Waals surface area contributed by atoms with Crippen LogP contribution in [0.15, 0.2) is 55.0 Å². The Labute approximate surface area is 166 Å². The van der Waals surface area contributed by atoms with Gasteiger partial charge in [0.05, 0.1) is 23.6 Å². The molecular weight excluding hydrogens is 378 g/mol. The van der Waals surface area contributed by atoms with Gasteiger partial charge in [-0.1, -0.05) is 0 Å². The van der Waals surface area contributed by atoms with Crippen molar-refractivity contribution < 1.29 is 13.6 Å². The van der Waals surface area contributed by atoms with E-state index < -0.39 is 6.80 Å². The number of alkyl halides is 1. The highest BCUT2D eigenvalue weighted by Crippen LogP contribution is 2.20. The second kappa shape index (κ2) is 8.26. The van der Waals surface area contributed by atoms with Gasteiger partial charge in [-0.3, -0.25) is 4.79 Å². The van der Waals surface area contributed by atoms with Gasteiger partial charge in [-0.15, -0.1) is 0 Å². The van der Waals surface area contributed by atoms with E-state index in [4.69, 9.17) is 0 Å². The number of carbonyl (C=O) groups is 1. The molecule has 9 heteroatoms. The maximum Gasteiger partial charge on any atom is 0.258 e. The van der Waals surface area contributed by atoms with Crippen LogP contribution < -0.4 is 15.1 Å². The van der Waals surface area contributed by atoms with E-state index in [1.165, 1.54) is 24.5 Å². The van der Waals surface area contributed by atoms with Crippen LogP contribution in [0.2, 0.25) is 0 Å².